The van der Waals surface area contributed by atoms with Crippen molar-refractivity contribution in [2.45, 2.75) is 5.75 Å². The molecular formula is C16H17N5O3S. The van der Waals surface area contributed by atoms with Crippen molar-refractivity contribution in [1.82, 2.24) is 19.4 Å². The van der Waals surface area contributed by atoms with Gasteiger partial charge in [0.25, 0.3) is 0 Å². The van der Waals surface area contributed by atoms with E-state index in [9.17, 15) is 8.42 Å². The molecule has 1 aliphatic heterocycles. The minimum atomic E-state index is -3.40. The number of piperazine rings is 1. The van der Waals surface area contributed by atoms with Gasteiger partial charge in [-0.25, -0.2) is 18.4 Å². The molecule has 3 heterocycles. The first-order valence-corrected chi connectivity index (χ1v) is 9.56. The maximum Gasteiger partial charge on any atom is 0.220 e. The predicted molar refractivity (Wildman–Crippen MR) is 92.5 cm³/mol. The minimum Gasteiger partial charge on any atom is -0.364 e. The predicted octanol–water partition coefficient (Wildman–Crippen LogP) is 1.27. The fraction of sp³-hybridized carbons (Fsp3) is 0.312. The molecule has 8 nitrogen and oxygen atoms in total. The van der Waals surface area contributed by atoms with Crippen molar-refractivity contribution in [3.8, 4) is 0 Å². The van der Waals surface area contributed by atoms with Crippen molar-refractivity contribution in [1.29, 1.82) is 0 Å². The van der Waals surface area contributed by atoms with Gasteiger partial charge in [-0.3, -0.25) is 0 Å². The molecule has 0 amide bonds. The highest BCUT2D eigenvalue weighted by Crippen LogP contribution is 2.24. The molecular weight excluding hydrogens is 342 g/mol. The second-order valence-electron chi connectivity index (χ2n) is 5.85. The van der Waals surface area contributed by atoms with Gasteiger partial charge in [-0.15, -0.1) is 0 Å². The lowest BCUT2D eigenvalue weighted by atomic mass is 10.2. The first-order chi connectivity index (χ1) is 12.1. The van der Waals surface area contributed by atoms with E-state index in [0.29, 0.717) is 31.9 Å². The third-order valence-corrected chi connectivity index (χ3v) is 6.09. The van der Waals surface area contributed by atoms with E-state index in [1.807, 2.05) is 24.3 Å². The van der Waals surface area contributed by atoms with E-state index >= 15 is 0 Å². The highest BCUT2D eigenvalue weighted by atomic mass is 32.2. The summed E-state index contributed by atoms with van der Waals surface area (Å²) in [4.78, 5) is 10.8. The van der Waals surface area contributed by atoms with Gasteiger partial charge in [0, 0.05) is 37.6 Å². The molecule has 9 heteroatoms. The van der Waals surface area contributed by atoms with Crippen LogP contribution in [0.2, 0.25) is 0 Å². The lowest BCUT2D eigenvalue weighted by Crippen LogP contribution is -2.49. The summed E-state index contributed by atoms with van der Waals surface area (Å²) in [7, 11) is -3.40. The number of fused-ring (bicyclic) bond motifs is 1. The smallest absolute Gasteiger partial charge is 0.220 e. The molecule has 3 aromatic rings. The monoisotopic (exact) mass is 359 g/mol. The molecule has 25 heavy (non-hydrogen) atoms. The van der Waals surface area contributed by atoms with Gasteiger partial charge in [-0.2, -0.15) is 4.31 Å². The number of benzene rings is 1. The first kappa shape index (κ1) is 16.0. The van der Waals surface area contributed by atoms with Gasteiger partial charge in [0.05, 0.1) is 11.2 Å². The van der Waals surface area contributed by atoms with Gasteiger partial charge in [0.2, 0.25) is 10.0 Å². The molecule has 1 aliphatic rings. The van der Waals surface area contributed by atoms with Crippen molar-refractivity contribution in [2.24, 2.45) is 0 Å². The van der Waals surface area contributed by atoms with Crippen molar-refractivity contribution in [2.75, 3.05) is 31.1 Å². The van der Waals surface area contributed by atoms with E-state index in [2.05, 4.69) is 20.0 Å². The maximum atomic E-state index is 12.5. The average Bonchev–Trinajstić information content (AvgIpc) is 3.14. The minimum absolute atomic E-state index is 0.139. The standard InChI is InChI=1S/C16H17N5O3S/c22-25(23,11-13-5-10-24-19-13)21-8-6-20(7-9-21)16-14-3-1-2-4-15(14)17-12-18-16/h1-5,10,12H,6-9,11H2. The molecule has 0 atom stereocenters. The highest BCUT2D eigenvalue weighted by molar-refractivity contribution is 7.88. The van der Waals surface area contributed by atoms with Crippen LogP contribution in [0.1, 0.15) is 5.69 Å². The van der Waals surface area contributed by atoms with Crippen LogP contribution < -0.4 is 4.90 Å². The van der Waals surface area contributed by atoms with Crippen LogP contribution in [0.25, 0.3) is 10.9 Å². The quantitative estimate of drug-likeness (QED) is 0.692. The summed E-state index contributed by atoms with van der Waals surface area (Å²) in [5.41, 5.74) is 1.30. The Morgan fingerprint density at radius 2 is 1.84 bits per heavy atom. The number of sulfonamides is 1. The van der Waals surface area contributed by atoms with E-state index in [1.54, 1.807) is 12.4 Å². The topological polar surface area (TPSA) is 92.4 Å². The molecule has 2 aromatic heterocycles. The number of hydrogen-bond donors (Lipinski definition) is 0. The Balaban J connectivity index is 1.49. The van der Waals surface area contributed by atoms with Crippen LogP contribution in [0.4, 0.5) is 5.82 Å². The first-order valence-electron chi connectivity index (χ1n) is 7.95. The summed E-state index contributed by atoms with van der Waals surface area (Å²) < 4.78 is 31.2. The van der Waals surface area contributed by atoms with Gasteiger partial charge in [0.1, 0.15) is 24.2 Å². The summed E-state index contributed by atoms with van der Waals surface area (Å²) in [6, 6.07) is 9.39. The summed E-state index contributed by atoms with van der Waals surface area (Å²) in [5.74, 6) is 0.707. The van der Waals surface area contributed by atoms with E-state index in [1.165, 1.54) is 10.6 Å². The largest absolute Gasteiger partial charge is 0.364 e. The fourth-order valence-electron chi connectivity index (χ4n) is 3.01. The normalized spacial score (nSPS) is 16.4. The summed E-state index contributed by atoms with van der Waals surface area (Å²) >= 11 is 0. The number of hydrogen-bond acceptors (Lipinski definition) is 7. The summed E-state index contributed by atoms with van der Waals surface area (Å²) in [5, 5.41) is 4.66. The Hall–Kier alpha value is -2.52. The number of aromatic nitrogens is 3. The molecule has 0 aliphatic carbocycles. The zero-order valence-corrected chi connectivity index (χ0v) is 14.3. The second kappa shape index (κ2) is 6.41. The van der Waals surface area contributed by atoms with Crippen molar-refractivity contribution in [3.05, 3.63) is 48.6 Å². The molecule has 0 saturated carbocycles. The molecule has 1 aromatic carbocycles. The number of anilines is 1. The van der Waals surface area contributed by atoms with Crippen LogP contribution >= 0.6 is 0 Å². The van der Waals surface area contributed by atoms with Crippen LogP contribution in [-0.2, 0) is 15.8 Å². The molecule has 130 valence electrons. The zero-order valence-electron chi connectivity index (χ0n) is 13.4. The van der Waals surface area contributed by atoms with Gasteiger partial charge < -0.3 is 9.42 Å². The Kier molecular flexibility index (Phi) is 4.10. The molecule has 0 spiro atoms. The van der Waals surface area contributed by atoms with Crippen molar-refractivity contribution in [3.63, 3.8) is 0 Å². The Bertz CT molecular complexity index is 961. The van der Waals surface area contributed by atoms with Crippen LogP contribution in [0.15, 0.2) is 47.4 Å². The number of rotatable bonds is 4. The SMILES string of the molecule is O=S(=O)(Cc1ccon1)N1CCN(c2ncnc3ccccc23)CC1. The number of nitrogens with zero attached hydrogens (tertiary/aromatic N) is 5. The van der Waals surface area contributed by atoms with Crippen molar-refractivity contribution >= 4 is 26.7 Å². The van der Waals surface area contributed by atoms with E-state index < -0.39 is 10.0 Å². The Morgan fingerprint density at radius 3 is 2.60 bits per heavy atom. The van der Waals surface area contributed by atoms with Crippen molar-refractivity contribution < 1.29 is 12.9 Å². The van der Waals surface area contributed by atoms with Gasteiger partial charge in [-0.1, -0.05) is 17.3 Å². The molecule has 1 saturated heterocycles. The van der Waals surface area contributed by atoms with Crippen LogP contribution in [0.5, 0.6) is 0 Å². The summed E-state index contributed by atoms with van der Waals surface area (Å²) in [6.45, 7) is 2.00. The van der Waals surface area contributed by atoms with Gasteiger partial charge in [0.15, 0.2) is 0 Å². The third kappa shape index (κ3) is 3.20. The highest BCUT2D eigenvalue weighted by Gasteiger charge is 2.28. The zero-order chi connectivity index (χ0) is 17.3. The Labute approximate surface area is 145 Å². The molecule has 0 unspecified atom stereocenters. The Morgan fingerprint density at radius 1 is 1.04 bits per heavy atom. The molecule has 1 fully saturated rings. The fourth-order valence-corrected chi connectivity index (χ4v) is 4.44. The average molecular weight is 359 g/mol. The lowest BCUT2D eigenvalue weighted by Gasteiger charge is -2.34. The van der Waals surface area contributed by atoms with E-state index in [0.717, 1.165) is 16.7 Å². The van der Waals surface area contributed by atoms with Crippen LogP contribution in [-0.4, -0.2) is 54.0 Å². The van der Waals surface area contributed by atoms with Gasteiger partial charge in [-0.05, 0) is 12.1 Å². The van der Waals surface area contributed by atoms with Crippen LogP contribution in [0.3, 0.4) is 0 Å². The molecule has 4 rings (SSSR count). The van der Waals surface area contributed by atoms with E-state index in [4.69, 9.17) is 4.52 Å². The second-order valence-corrected chi connectivity index (χ2v) is 7.82. The number of para-hydroxylation sites is 1. The van der Waals surface area contributed by atoms with Crippen LogP contribution in [0, 0.1) is 0 Å². The summed E-state index contributed by atoms with van der Waals surface area (Å²) in [6.07, 6.45) is 2.92. The van der Waals surface area contributed by atoms with E-state index in [-0.39, 0.29) is 5.75 Å². The molecule has 0 radical (unpaired) electrons. The molecule has 0 N–H and O–H groups in total. The maximum absolute atomic E-state index is 12.5. The molecule has 0 bridgehead atoms. The lowest BCUT2D eigenvalue weighted by molar-refractivity contribution is 0.381. The third-order valence-electron chi connectivity index (χ3n) is 4.27. The van der Waals surface area contributed by atoms with Gasteiger partial charge >= 0.3 is 0 Å².